The van der Waals surface area contributed by atoms with E-state index in [0.29, 0.717) is 6.54 Å². The number of hydrogen-bond acceptors (Lipinski definition) is 1. The quantitative estimate of drug-likeness (QED) is 0.885. The fraction of sp³-hybridized carbons (Fsp3) is 0.538. The van der Waals surface area contributed by atoms with E-state index in [4.69, 9.17) is 0 Å². The summed E-state index contributed by atoms with van der Waals surface area (Å²) in [6.07, 6.45) is 4.97. The monoisotopic (exact) mass is 285 g/mol. The molecule has 1 aromatic carbocycles. The van der Waals surface area contributed by atoms with Crippen molar-refractivity contribution in [3.63, 3.8) is 0 Å². The van der Waals surface area contributed by atoms with Gasteiger partial charge in [0.15, 0.2) is 0 Å². The minimum atomic E-state index is -0.136. The first-order chi connectivity index (χ1) is 7.59. The van der Waals surface area contributed by atoms with Crippen LogP contribution in [0, 0.1) is 5.82 Å². The number of hydrogen-bond donors (Lipinski definition) is 1. The summed E-state index contributed by atoms with van der Waals surface area (Å²) in [5, 5.41) is 3.48. The van der Waals surface area contributed by atoms with Gasteiger partial charge in [0.25, 0.3) is 0 Å². The molecule has 3 heteroatoms. The van der Waals surface area contributed by atoms with Crippen molar-refractivity contribution in [2.24, 2.45) is 0 Å². The smallest absolute Gasteiger partial charge is 0.128 e. The highest BCUT2D eigenvalue weighted by Crippen LogP contribution is 2.29. The predicted molar refractivity (Wildman–Crippen MR) is 67.8 cm³/mol. The molecule has 88 valence electrons. The molecule has 1 aliphatic carbocycles. The summed E-state index contributed by atoms with van der Waals surface area (Å²) in [6.45, 7) is 2.85. The molecule has 0 spiro atoms. The number of nitrogens with one attached hydrogen (secondary N) is 1. The molecule has 1 saturated carbocycles. The molecule has 16 heavy (non-hydrogen) atoms. The van der Waals surface area contributed by atoms with Gasteiger partial charge in [-0.05, 0) is 31.9 Å². The Morgan fingerprint density at radius 1 is 1.38 bits per heavy atom. The zero-order valence-corrected chi connectivity index (χ0v) is 11.1. The fourth-order valence-corrected chi connectivity index (χ4v) is 2.64. The zero-order chi connectivity index (χ0) is 11.6. The van der Waals surface area contributed by atoms with Crippen LogP contribution in [0.15, 0.2) is 22.7 Å². The van der Waals surface area contributed by atoms with E-state index in [2.05, 4.69) is 28.2 Å². The topological polar surface area (TPSA) is 12.0 Å². The van der Waals surface area contributed by atoms with E-state index in [0.717, 1.165) is 10.0 Å². The Balaban J connectivity index is 1.99. The SMILES string of the molecule is CC1(NCc2ccc(Br)cc2F)CCCC1. The molecular weight excluding hydrogens is 269 g/mol. The fourth-order valence-electron chi connectivity index (χ4n) is 2.31. The van der Waals surface area contributed by atoms with Gasteiger partial charge in [0.1, 0.15) is 5.82 Å². The highest BCUT2D eigenvalue weighted by Gasteiger charge is 2.27. The lowest BCUT2D eigenvalue weighted by Gasteiger charge is -2.25. The molecule has 0 heterocycles. The second-order valence-corrected chi connectivity index (χ2v) is 5.77. The van der Waals surface area contributed by atoms with Crippen LogP contribution >= 0.6 is 15.9 Å². The third-order valence-corrected chi connectivity index (χ3v) is 3.92. The predicted octanol–water partition coefficient (Wildman–Crippen LogP) is 4.01. The van der Waals surface area contributed by atoms with Crippen molar-refractivity contribution in [2.45, 2.75) is 44.7 Å². The van der Waals surface area contributed by atoms with Crippen LogP contribution in [0.4, 0.5) is 4.39 Å². The van der Waals surface area contributed by atoms with E-state index < -0.39 is 0 Å². The van der Waals surface area contributed by atoms with Gasteiger partial charge in [0.2, 0.25) is 0 Å². The number of benzene rings is 1. The van der Waals surface area contributed by atoms with E-state index in [1.807, 2.05) is 12.1 Å². The zero-order valence-electron chi connectivity index (χ0n) is 9.52. The van der Waals surface area contributed by atoms with Gasteiger partial charge in [0, 0.05) is 22.1 Å². The Kier molecular flexibility index (Phi) is 3.65. The number of rotatable bonds is 3. The van der Waals surface area contributed by atoms with Gasteiger partial charge in [0.05, 0.1) is 0 Å². The lowest BCUT2D eigenvalue weighted by molar-refractivity contribution is 0.359. The van der Waals surface area contributed by atoms with Gasteiger partial charge >= 0.3 is 0 Å². The van der Waals surface area contributed by atoms with Crippen LogP contribution in [-0.2, 0) is 6.54 Å². The molecule has 2 rings (SSSR count). The maximum Gasteiger partial charge on any atom is 0.128 e. The molecule has 0 aliphatic heterocycles. The standard InChI is InChI=1S/C13H17BrFN/c1-13(6-2-3-7-13)16-9-10-4-5-11(14)8-12(10)15/h4-5,8,16H,2-3,6-7,9H2,1H3. The van der Waals surface area contributed by atoms with Gasteiger partial charge in [-0.15, -0.1) is 0 Å². The first kappa shape index (κ1) is 12.1. The summed E-state index contributed by atoms with van der Waals surface area (Å²) in [5.74, 6) is -0.136. The molecule has 1 nitrogen and oxygen atoms in total. The summed E-state index contributed by atoms with van der Waals surface area (Å²) in [5.41, 5.74) is 0.954. The van der Waals surface area contributed by atoms with Crippen molar-refractivity contribution < 1.29 is 4.39 Å². The van der Waals surface area contributed by atoms with Crippen molar-refractivity contribution in [2.75, 3.05) is 0 Å². The van der Waals surface area contributed by atoms with E-state index in [-0.39, 0.29) is 11.4 Å². The largest absolute Gasteiger partial charge is 0.307 e. The second-order valence-electron chi connectivity index (χ2n) is 4.86. The van der Waals surface area contributed by atoms with Gasteiger partial charge in [-0.1, -0.05) is 34.8 Å². The molecule has 0 aromatic heterocycles. The Labute approximate surface area is 105 Å². The van der Waals surface area contributed by atoms with E-state index in [9.17, 15) is 4.39 Å². The van der Waals surface area contributed by atoms with E-state index in [1.165, 1.54) is 31.7 Å². The van der Waals surface area contributed by atoms with Crippen molar-refractivity contribution in [1.82, 2.24) is 5.32 Å². The van der Waals surface area contributed by atoms with Crippen molar-refractivity contribution >= 4 is 15.9 Å². The summed E-state index contributed by atoms with van der Waals surface area (Å²) < 4.78 is 14.4. The average Bonchev–Trinajstić information content (AvgIpc) is 2.64. The second kappa shape index (κ2) is 4.84. The van der Waals surface area contributed by atoms with E-state index in [1.54, 1.807) is 0 Å². The van der Waals surface area contributed by atoms with Crippen LogP contribution in [0.5, 0.6) is 0 Å². The Morgan fingerprint density at radius 2 is 2.06 bits per heavy atom. The molecule has 1 fully saturated rings. The summed E-state index contributed by atoms with van der Waals surface area (Å²) >= 11 is 3.26. The Bertz CT molecular complexity index is 372. The highest BCUT2D eigenvalue weighted by molar-refractivity contribution is 9.10. The molecule has 0 unspecified atom stereocenters. The van der Waals surface area contributed by atoms with Crippen molar-refractivity contribution in [1.29, 1.82) is 0 Å². The third kappa shape index (κ3) is 2.83. The lowest BCUT2D eigenvalue weighted by atomic mass is 10.0. The minimum absolute atomic E-state index is 0.136. The van der Waals surface area contributed by atoms with Crippen LogP contribution in [0.2, 0.25) is 0 Å². The molecule has 0 bridgehead atoms. The Morgan fingerprint density at radius 3 is 2.69 bits per heavy atom. The van der Waals surface area contributed by atoms with Crippen LogP contribution in [0.3, 0.4) is 0 Å². The van der Waals surface area contributed by atoms with Gasteiger partial charge in [-0.3, -0.25) is 0 Å². The lowest BCUT2D eigenvalue weighted by Crippen LogP contribution is -2.38. The third-order valence-electron chi connectivity index (χ3n) is 3.43. The minimum Gasteiger partial charge on any atom is -0.307 e. The molecule has 1 aliphatic rings. The summed E-state index contributed by atoms with van der Waals surface area (Å²) in [4.78, 5) is 0. The first-order valence-corrected chi connectivity index (χ1v) is 6.57. The maximum absolute atomic E-state index is 13.6. The molecular formula is C13H17BrFN. The Hall–Kier alpha value is -0.410. The number of halogens is 2. The molecule has 1 N–H and O–H groups in total. The van der Waals surface area contributed by atoms with Gasteiger partial charge in [-0.25, -0.2) is 4.39 Å². The molecule has 1 aromatic rings. The normalized spacial score (nSPS) is 18.9. The van der Waals surface area contributed by atoms with Gasteiger partial charge < -0.3 is 5.32 Å². The van der Waals surface area contributed by atoms with E-state index >= 15 is 0 Å². The summed E-state index contributed by atoms with van der Waals surface area (Å²) in [6, 6.07) is 5.25. The average molecular weight is 286 g/mol. The van der Waals surface area contributed by atoms with Crippen LogP contribution in [0.1, 0.15) is 38.2 Å². The molecule has 0 radical (unpaired) electrons. The molecule has 0 saturated heterocycles. The molecule has 0 amide bonds. The van der Waals surface area contributed by atoms with Crippen molar-refractivity contribution in [3.05, 3.63) is 34.1 Å². The highest BCUT2D eigenvalue weighted by atomic mass is 79.9. The van der Waals surface area contributed by atoms with Gasteiger partial charge in [-0.2, -0.15) is 0 Å². The van der Waals surface area contributed by atoms with Crippen LogP contribution in [-0.4, -0.2) is 5.54 Å². The van der Waals surface area contributed by atoms with Crippen molar-refractivity contribution in [3.8, 4) is 0 Å². The first-order valence-electron chi connectivity index (χ1n) is 5.78. The summed E-state index contributed by atoms with van der Waals surface area (Å²) in [7, 11) is 0. The van der Waals surface area contributed by atoms with Crippen LogP contribution in [0.25, 0.3) is 0 Å². The molecule has 0 atom stereocenters. The maximum atomic E-state index is 13.6. The van der Waals surface area contributed by atoms with Crippen LogP contribution < -0.4 is 5.32 Å².